The van der Waals surface area contributed by atoms with Crippen LogP contribution in [-0.4, -0.2) is 25.9 Å². The van der Waals surface area contributed by atoms with Crippen molar-refractivity contribution in [2.75, 3.05) is 0 Å². The van der Waals surface area contributed by atoms with Crippen molar-refractivity contribution in [2.45, 2.75) is 37.3 Å². The molecule has 1 fully saturated rings. The Balaban J connectivity index is 2.02. The fraction of sp³-hybridized carbons (Fsp3) is 0.545. The number of aliphatic hydroxyl groups is 1. The Kier molecular flexibility index (Phi) is 2.25. The summed E-state index contributed by atoms with van der Waals surface area (Å²) >= 11 is 0. The first-order chi connectivity index (χ1) is 8.18. The van der Waals surface area contributed by atoms with E-state index in [1.807, 2.05) is 6.08 Å². The summed E-state index contributed by atoms with van der Waals surface area (Å²) in [5.74, 6) is 0.241. The number of aromatic nitrogens is 2. The zero-order valence-corrected chi connectivity index (χ0v) is 9.19. The largest absolute Gasteiger partial charge is 0.387 e. The molecule has 1 aromatic rings. The van der Waals surface area contributed by atoms with Crippen LogP contribution in [0.5, 0.6) is 0 Å². The second-order valence-corrected chi connectivity index (χ2v) is 4.61. The number of nitro groups is 1. The van der Waals surface area contributed by atoms with Gasteiger partial charge in [0.05, 0.1) is 17.1 Å². The highest BCUT2D eigenvalue weighted by atomic mass is 16.6. The number of hydrogen-bond donors (Lipinski definition) is 1. The average Bonchev–Trinajstić information content (AvgIpc) is 2.88. The second kappa shape index (κ2) is 3.66. The van der Waals surface area contributed by atoms with Crippen molar-refractivity contribution >= 4 is 5.69 Å². The second-order valence-electron chi connectivity index (χ2n) is 4.61. The van der Waals surface area contributed by atoms with Gasteiger partial charge in [-0.15, -0.1) is 0 Å². The molecule has 0 saturated heterocycles. The molecule has 0 spiro atoms. The molecular formula is C11H13N3O3. The van der Waals surface area contributed by atoms with Crippen LogP contribution < -0.4 is 0 Å². The fourth-order valence-corrected chi connectivity index (χ4v) is 2.39. The number of hydrogen-bond acceptors (Lipinski definition) is 4. The fourth-order valence-electron chi connectivity index (χ4n) is 2.39. The van der Waals surface area contributed by atoms with E-state index in [9.17, 15) is 15.2 Å². The highest BCUT2D eigenvalue weighted by Gasteiger charge is 2.38. The first-order valence-corrected chi connectivity index (χ1v) is 5.75. The Morgan fingerprint density at radius 3 is 2.82 bits per heavy atom. The molecule has 2 aliphatic rings. The molecule has 6 heteroatoms. The van der Waals surface area contributed by atoms with Gasteiger partial charge >= 0.3 is 5.69 Å². The van der Waals surface area contributed by atoms with E-state index in [0.29, 0.717) is 12.1 Å². The van der Waals surface area contributed by atoms with Crippen molar-refractivity contribution in [3.8, 4) is 0 Å². The summed E-state index contributed by atoms with van der Waals surface area (Å²) in [7, 11) is 0. The molecule has 1 aromatic heterocycles. The van der Waals surface area contributed by atoms with Gasteiger partial charge in [-0.1, -0.05) is 12.2 Å². The van der Waals surface area contributed by atoms with Gasteiger partial charge in [-0.2, -0.15) is 5.10 Å². The Morgan fingerprint density at radius 1 is 1.53 bits per heavy atom. The molecule has 1 N–H and O–H groups in total. The maximum Gasteiger partial charge on any atom is 0.310 e. The van der Waals surface area contributed by atoms with E-state index >= 15 is 0 Å². The number of nitrogens with zero attached hydrogens (tertiary/aromatic N) is 3. The van der Waals surface area contributed by atoms with Crippen LogP contribution in [0.1, 0.15) is 36.9 Å². The zero-order chi connectivity index (χ0) is 12.0. The van der Waals surface area contributed by atoms with Crippen molar-refractivity contribution in [2.24, 2.45) is 0 Å². The molecule has 1 heterocycles. The first-order valence-electron chi connectivity index (χ1n) is 5.75. The summed E-state index contributed by atoms with van der Waals surface area (Å²) in [6.45, 7) is 0. The van der Waals surface area contributed by atoms with Crippen molar-refractivity contribution < 1.29 is 10.0 Å². The SMILES string of the molecule is O=[N+]([O-])c1cnn(C2CC=CC2O)c1C1CC1. The molecule has 3 rings (SSSR count). The van der Waals surface area contributed by atoms with Crippen LogP contribution in [-0.2, 0) is 0 Å². The van der Waals surface area contributed by atoms with E-state index in [1.54, 1.807) is 10.8 Å². The molecule has 0 aliphatic heterocycles. The van der Waals surface area contributed by atoms with Crippen molar-refractivity contribution in [1.82, 2.24) is 9.78 Å². The Morgan fingerprint density at radius 2 is 2.29 bits per heavy atom. The summed E-state index contributed by atoms with van der Waals surface area (Å²) in [5.41, 5.74) is 0.773. The van der Waals surface area contributed by atoms with Gasteiger partial charge in [-0.25, -0.2) is 0 Å². The Hall–Kier alpha value is -1.69. The molecule has 6 nitrogen and oxygen atoms in total. The summed E-state index contributed by atoms with van der Waals surface area (Å²) in [6.07, 6.45) is 6.95. The first kappa shape index (κ1) is 10.5. The minimum Gasteiger partial charge on any atom is -0.387 e. The number of rotatable bonds is 3. The van der Waals surface area contributed by atoms with Gasteiger partial charge < -0.3 is 5.11 Å². The third-order valence-electron chi connectivity index (χ3n) is 3.39. The standard InChI is InChI=1S/C11H13N3O3/c15-10-3-1-2-8(10)13-11(7-4-5-7)9(6-12-13)14(16)17/h1,3,6-8,10,15H,2,4-5H2. The summed E-state index contributed by atoms with van der Waals surface area (Å²) in [6, 6.07) is -0.181. The topological polar surface area (TPSA) is 81.2 Å². The van der Waals surface area contributed by atoms with E-state index in [1.165, 1.54) is 6.20 Å². The van der Waals surface area contributed by atoms with E-state index in [4.69, 9.17) is 0 Å². The molecule has 0 bridgehead atoms. The Labute approximate surface area is 97.7 Å². The molecule has 2 aliphatic carbocycles. The van der Waals surface area contributed by atoms with Crippen LogP contribution in [0.3, 0.4) is 0 Å². The summed E-state index contributed by atoms with van der Waals surface area (Å²) in [4.78, 5) is 10.6. The lowest BCUT2D eigenvalue weighted by Crippen LogP contribution is -2.21. The minimum absolute atomic E-state index is 0.0894. The van der Waals surface area contributed by atoms with Gasteiger partial charge in [0, 0.05) is 5.92 Å². The van der Waals surface area contributed by atoms with E-state index < -0.39 is 6.10 Å². The monoisotopic (exact) mass is 235 g/mol. The molecule has 0 amide bonds. The lowest BCUT2D eigenvalue weighted by Gasteiger charge is -2.17. The van der Waals surface area contributed by atoms with Crippen molar-refractivity contribution in [3.05, 3.63) is 34.2 Å². The van der Waals surface area contributed by atoms with Crippen LogP contribution in [0.4, 0.5) is 5.69 Å². The quantitative estimate of drug-likeness (QED) is 0.489. The van der Waals surface area contributed by atoms with Crippen molar-refractivity contribution in [1.29, 1.82) is 0 Å². The van der Waals surface area contributed by atoms with Gasteiger partial charge in [0.15, 0.2) is 0 Å². The third-order valence-corrected chi connectivity index (χ3v) is 3.39. The third kappa shape index (κ3) is 1.64. The van der Waals surface area contributed by atoms with Crippen LogP contribution >= 0.6 is 0 Å². The molecule has 17 heavy (non-hydrogen) atoms. The molecule has 0 radical (unpaired) electrons. The predicted molar refractivity (Wildman–Crippen MR) is 59.7 cm³/mol. The summed E-state index contributed by atoms with van der Waals surface area (Å²) < 4.78 is 1.65. The average molecular weight is 235 g/mol. The molecular weight excluding hydrogens is 222 g/mol. The lowest BCUT2D eigenvalue weighted by atomic mass is 10.1. The Bertz CT molecular complexity index is 490. The highest BCUT2D eigenvalue weighted by molar-refractivity contribution is 5.39. The van der Waals surface area contributed by atoms with Crippen LogP contribution in [0.15, 0.2) is 18.3 Å². The number of aliphatic hydroxyl groups excluding tert-OH is 1. The number of allylic oxidation sites excluding steroid dienone is 1. The minimum atomic E-state index is -0.591. The maximum absolute atomic E-state index is 10.9. The van der Waals surface area contributed by atoms with E-state index in [0.717, 1.165) is 12.8 Å². The van der Waals surface area contributed by atoms with Gasteiger partial charge in [-0.05, 0) is 19.3 Å². The van der Waals surface area contributed by atoms with Gasteiger partial charge in [0.2, 0.25) is 0 Å². The van der Waals surface area contributed by atoms with Gasteiger partial charge in [0.25, 0.3) is 0 Å². The molecule has 1 saturated carbocycles. The maximum atomic E-state index is 10.9. The van der Waals surface area contributed by atoms with Crippen LogP contribution in [0.2, 0.25) is 0 Å². The zero-order valence-electron chi connectivity index (χ0n) is 9.19. The molecule has 90 valence electrons. The predicted octanol–water partition coefficient (Wildman–Crippen LogP) is 1.53. The molecule has 0 aromatic carbocycles. The highest BCUT2D eigenvalue weighted by Crippen LogP contribution is 2.45. The smallest absolute Gasteiger partial charge is 0.310 e. The van der Waals surface area contributed by atoms with E-state index in [2.05, 4.69) is 5.10 Å². The molecule has 2 atom stereocenters. The van der Waals surface area contributed by atoms with Crippen molar-refractivity contribution in [3.63, 3.8) is 0 Å². The van der Waals surface area contributed by atoms with E-state index in [-0.39, 0.29) is 22.6 Å². The van der Waals surface area contributed by atoms with Crippen LogP contribution in [0.25, 0.3) is 0 Å². The van der Waals surface area contributed by atoms with Crippen LogP contribution in [0, 0.1) is 10.1 Å². The lowest BCUT2D eigenvalue weighted by molar-refractivity contribution is -0.385. The van der Waals surface area contributed by atoms with Gasteiger partial charge in [-0.3, -0.25) is 14.8 Å². The summed E-state index contributed by atoms with van der Waals surface area (Å²) in [5, 5.41) is 24.8. The molecule has 2 unspecified atom stereocenters. The normalized spacial score (nSPS) is 27.6. The van der Waals surface area contributed by atoms with Gasteiger partial charge in [0.1, 0.15) is 11.9 Å².